The van der Waals surface area contributed by atoms with Crippen molar-refractivity contribution in [3.05, 3.63) is 95.1 Å². The lowest BCUT2D eigenvalue weighted by Gasteiger charge is -2.10. The van der Waals surface area contributed by atoms with Crippen molar-refractivity contribution in [2.45, 2.75) is 33.1 Å². The van der Waals surface area contributed by atoms with E-state index in [0.29, 0.717) is 0 Å². The summed E-state index contributed by atoms with van der Waals surface area (Å²) in [5.74, 6) is 0. The van der Waals surface area contributed by atoms with Gasteiger partial charge in [-0.1, -0.05) is 56.3 Å². The number of aryl methyl sites for hydroxylation is 2. The highest BCUT2D eigenvalue weighted by atomic mass is 32.1. The maximum Gasteiger partial charge on any atom is 0.0434 e. The van der Waals surface area contributed by atoms with Gasteiger partial charge in [-0.3, -0.25) is 0 Å². The van der Waals surface area contributed by atoms with Crippen molar-refractivity contribution in [3.8, 4) is 22.3 Å². The standard InChI is InChI=1S/C29H24S/c1-3-18-9-12-28-26(13-18)27-15-19(4-2)14-25(29(27)30-28)22-11-10-21-16-20-7-5-6-8-23(20)24(21)17-22/h5-15,17H,3-4,16H2,1-2H3. The van der Waals surface area contributed by atoms with Crippen molar-refractivity contribution >= 4 is 31.5 Å². The SMILES string of the molecule is CCc1ccc2sc3c(-c4ccc5c(c4)-c4ccccc4C5)cc(CC)cc3c2c1. The smallest absolute Gasteiger partial charge is 0.0434 e. The normalized spacial score (nSPS) is 12.5. The largest absolute Gasteiger partial charge is 0.135 e. The average molecular weight is 405 g/mol. The van der Waals surface area contributed by atoms with Gasteiger partial charge in [0.1, 0.15) is 0 Å². The summed E-state index contributed by atoms with van der Waals surface area (Å²) in [5.41, 5.74) is 11.3. The molecule has 4 aromatic carbocycles. The van der Waals surface area contributed by atoms with Crippen LogP contribution in [0.1, 0.15) is 36.1 Å². The van der Waals surface area contributed by atoms with E-state index in [2.05, 4.69) is 86.6 Å². The zero-order valence-corrected chi connectivity index (χ0v) is 18.3. The molecule has 1 heterocycles. The predicted molar refractivity (Wildman–Crippen MR) is 132 cm³/mol. The van der Waals surface area contributed by atoms with E-state index in [9.17, 15) is 0 Å². The number of hydrogen-bond donors (Lipinski definition) is 0. The molecule has 1 heteroatoms. The van der Waals surface area contributed by atoms with Gasteiger partial charge in [0.15, 0.2) is 0 Å². The topological polar surface area (TPSA) is 0 Å². The molecule has 0 saturated carbocycles. The molecule has 1 aliphatic rings. The third-order valence-corrected chi connectivity index (χ3v) is 7.84. The van der Waals surface area contributed by atoms with E-state index in [1.54, 1.807) is 0 Å². The van der Waals surface area contributed by atoms with Crippen LogP contribution in [0.3, 0.4) is 0 Å². The molecule has 0 spiro atoms. The number of benzene rings is 4. The van der Waals surface area contributed by atoms with Gasteiger partial charge in [0.05, 0.1) is 0 Å². The van der Waals surface area contributed by atoms with E-state index in [0.717, 1.165) is 19.3 Å². The van der Waals surface area contributed by atoms with Crippen molar-refractivity contribution in [1.29, 1.82) is 0 Å². The summed E-state index contributed by atoms with van der Waals surface area (Å²) in [5, 5.41) is 2.83. The van der Waals surface area contributed by atoms with E-state index < -0.39 is 0 Å². The second kappa shape index (κ2) is 6.82. The molecule has 0 bridgehead atoms. The van der Waals surface area contributed by atoms with Crippen LogP contribution < -0.4 is 0 Å². The van der Waals surface area contributed by atoms with Crippen molar-refractivity contribution in [3.63, 3.8) is 0 Å². The summed E-state index contributed by atoms with van der Waals surface area (Å²) in [7, 11) is 0. The molecular weight excluding hydrogens is 380 g/mol. The quantitative estimate of drug-likeness (QED) is 0.278. The van der Waals surface area contributed by atoms with E-state index in [-0.39, 0.29) is 0 Å². The molecule has 0 N–H and O–H groups in total. The van der Waals surface area contributed by atoms with E-state index in [1.807, 2.05) is 11.3 Å². The van der Waals surface area contributed by atoms with Crippen LogP contribution in [0.5, 0.6) is 0 Å². The lowest BCUT2D eigenvalue weighted by atomic mass is 9.95. The lowest BCUT2D eigenvalue weighted by Crippen LogP contribution is -1.87. The molecule has 0 radical (unpaired) electrons. The molecule has 6 rings (SSSR count). The second-order valence-electron chi connectivity index (χ2n) is 8.37. The number of hydrogen-bond acceptors (Lipinski definition) is 1. The van der Waals surface area contributed by atoms with Crippen LogP contribution in [0, 0.1) is 0 Å². The highest BCUT2D eigenvalue weighted by molar-refractivity contribution is 7.26. The molecule has 0 saturated heterocycles. The molecular formula is C29H24S. The summed E-state index contributed by atoms with van der Waals surface area (Å²) in [6, 6.07) is 27.8. The Labute approximate surface area is 181 Å². The Morgan fingerprint density at radius 2 is 1.47 bits per heavy atom. The first-order valence-electron chi connectivity index (χ1n) is 10.9. The highest BCUT2D eigenvalue weighted by Gasteiger charge is 2.19. The first-order chi connectivity index (χ1) is 14.7. The Kier molecular flexibility index (Phi) is 4.07. The van der Waals surface area contributed by atoms with Crippen LogP contribution in [0.15, 0.2) is 72.8 Å². The molecule has 0 nitrogen and oxygen atoms in total. The highest BCUT2D eigenvalue weighted by Crippen LogP contribution is 2.44. The minimum absolute atomic E-state index is 1.05. The maximum absolute atomic E-state index is 2.43. The molecule has 0 amide bonds. The monoisotopic (exact) mass is 404 g/mol. The minimum atomic E-state index is 1.05. The van der Waals surface area contributed by atoms with E-state index in [4.69, 9.17) is 0 Å². The Bertz CT molecular complexity index is 1430. The second-order valence-corrected chi connectivity index (χ2v) is 9.42. The van der Waals surface area contributed by atoms with Gasteiger partial charge in [-0.05, 0) is 94.1 Å². The molecule has 30 heavy (non-hydrogen) atoms. The van der Waals surface area contributed by atoms with Gasteiger partial charge in [0, 0.05) is 20.2 Å². The molecule has 0 atom stereocenters. The van der Waals surface area contributed by atoms with Crippen LogP contribution in [-0.4, -0.2) is 0 Å². The van der Waals surface area contributed by atoms with Crippen molar-refractivity contribution in [2.24, 2.45) is 0 Å². The minimum Gasteiger partial charge on any atom is -0.135 e. The number of rotatable bonds is 3. The lowest BCUT2D eigenvalue weighted by molar-refractivity contribution is 1.14. The summed E-state index contributed by atoms with van der Waals surface area (Å²) in [6.45, 7) is 4.50. The zero-order chi connectivity index (χ0) is 20.2. The maximum atomic E-state index is 2.43. The van der Waals surface area contributed by atoms with Gasteiger partial charge in [-0.25, -0.2) is 0 Å². The van der Waals surface area contributed by atoms with Crippen LogP contribution >= 0.6 is 11.3 Å². The van der Waals surface area contributed by atoms with Gasteiger partial charge in [0.25, 0.3) is 0 Å². The van der Waals surface area contributed by atoms with Crippen LogP contribution in [-0.2, 0) is 19.3 Å². The molecule has 0 fully saturated rings. The predicted octanol–water partition coefficient (Wildman–Crippen LogP) is 8.42. The summed E-state index contributed by atoms with van der Waals surface area (Å²) < 4.78 is 2.81. The first-order valence-corrected chi connectivity index (χ1v) is 11.8. The zero-order valence-electron chi connectivity index (χ0n) is 17.5. The van der Waals surface area contributed by atoms with Crippen LogP contribution in [0.4, 0.5) is 0 Å². The molecule has 0 aliphatic heterocycles. The Morgan fingerprint density at radius 3 is 2.33 bits per heavy atom. The fourth-order valence-corrected chi connectivity index (χ4v) is 6.12. The Morgan fingerprint density at radius 1 is 0.667 bits per heavy atom. The van der Waals surface area contributed by atoms with Gasteiger partial charge in [-0.2, -0.15) is 0 Å². The summed E-state index contributed by atoms with van der Waals surface area (Å²) in [6.07, 6.45) is 3.19. The van der Waals surface area contributed by atoms with Gasteiger partial charge < -0.3 is 0 Å². The Balaban J connectivity index is 1.62. The third kappa shape index (κ3) is 2.66. The summed E-state index contributed by atoms with van der Waals surface area (Å²) in [4.78, 5) is 0. The fraction of sp³-hybridized carbons (Fsp3) is 0.172. The van der Waals surface area contributed by atoms with Crippen molar-refractivity contribution < 1.29 is 0 Å². The van der Waals surface area contributed by atoms with Crippen molar-refractivity contribution in [1.82, 2.24) is 0 Å². The summed E-state index contributed by atoms with van der Waals surface area (Å²) >= 11 is 1.94. The molecule has 1 aliphatic carbocycles. The third-order valence-electron chi connectivity index (χ3n) is 6.62. The van der Waals surface area contributed by atoms with Crippen molar-refractivity contribution in [2.75, 3.05) is 0 Å². The van der Waals surface area contributed by atoms with E-state index in [1.165, 1.54) is 64.7 Å². The fourth-order valence-electron chi connectivity index (χ4n) is 4.91. The van der Waals surface area contributed by atoms with Crippen LogP contribution in [0.25, 0.3) is 42.4 Å². The molecule has 1 aromatic heterocycles. The van der Waals surface area contributed by atoms with Crippen LogP contribution in [0.2, 0.25) is 0 Å². The first kappa shape index (κ1) is 17.9. The average Bonchev–Trinajstić information content (AvgIpc) is 3.35. The molecule has 5 aromatic rings. The van der Waals surface area contributed by atoms with E-state index >= 15 is 0 Å². The number of fused-ring (bicyclic) bond motifs is 6. The Hall–Kier alpha value is -2.90. The molecule has 146 valence electrons. The van der Waals surface area contributed by atoms with Gasteiger partial charge in [-0.15, -0.1) is 11.3 Å². The number of thiophene rings is 1. The van der Waals surface area contributed by atoms with Gasteiger partial charge in [0.2, 0.25) is 0 Å². The van der Waals surface area contributed by atoms with Gasteiger partial charge >= 0.3 is 0 Å². The molecule has 0 unspecified atom stereocenters.